The van der Waals surface area contributed by atoms with Gasteiger partial charge in [0, 0.05) is 55.8 Å². The van der Waals surface area contributed by atoms with Crippen LogP contribution in [0.3, 0.4) is 0 Å². The minimum absolute atomic E-state index is 0.00703. The van der Waals surface area contributed by atoms with Crippen LogP contribution in [0.5, 0.6) is 0 Å². The van der Waals surface area contributed by atoms with Gasteiger partial charge in [0.25, 0.3) is 5.91 Å². The zero-order valence-electron chi connectivity index (χ0n) is 31.6. The zero-order chi connectivity index (χ0) is 39.0. The summed E-state index contributed by atoms with van der Waals surface area (Å²) in [4.78, 5) is 53.7. The number of pyridine rings is 2. The van der Waals surface area contributed by atoms with Crippen LogP contribution < -0.4 is 36.8 Å². The molecule has 3 atom stereocenters. The fraction of sp³-hybridized carbons (Fsp3) is 0.375. The number of nitrogens with two attached hydrogens (primary N) is 1. The van der Waals surface area contributed by atoms with Crippen molar-refractivity contribution in [2.75, 3.05) is 59.8 Å². The SMILES string of the molecule is CC1CN(c2ccncc2NC(=O)c2nc3cc(N4CCOCC4)ccc3cc2NC(=O)OCc2ccccc2)CC(NC(=O)OC(C)(C)C)C1NC=CN. The Balaban J connectivity index is 1.28. The molecule has 55 heavy (non-hydrogen) atoms. The molecule has 3 unspecified atom stereocenters. The highest BCUT2D eigenvalue weighted by Gasteiger charge is 2.37. The molecule has 2 aromatic heterocycles. The third-order valence-electron chi connectivity index (χ3n) is 9.29. The first-order valence-electron chi connectivity index (χ1n) is 18.4. The van der Waals surface area contributed by atoms with E-state index in [1.807, 2.05) is 75.4 Å². The van der Waals surface area contributed by atoms with Crippen LogP contribution in [-0.4, -0.2) is 85.1 Å². The van der Waals surface area contributed by atoms with E-state index in [-0.39, 0.29) is 29.9 Å². The second-order valence-corrected chi connectivity index (χ2v) is 14.6. The Hall–Kier alpha value is -6.09. The Morgan fingerprint density at radius 3 is 2.49 bits per heavy atom. The van der Waals surface area contributed by atoms with E-state index in [9.17, 15) is 14.4 Å². The third-order valence-corrected chi connectivity index (χ3v) is 9.29. The lowest BCUT2D eigenvalue weighted by atomic mass is 9.89. The summed E-state index contributed by atoms with van der Waals surface area (Å²) in [5.74, 6) is -0.547. The average Bonchev–Trinajstić information content (AvgIpc) is 3.16. The number of ether oxygens (including phenoxy) is 3. The summed E-state index contributed by atoms with van der Waals surface area (Å²) in [6.45, 7) is 11.2. The van der Waals surface area contributed by atoms with Gasteiger partial charge in [-0.2, -0.15) is 0 Å². The molecule has 290 valence electrons. The number of carbonyl (C=O) groups excluding carboxylic acids is 3. The number of anilines is 4. The Labute approximate surface area is 320 Å². The molecule has 0 bridgehead atoms. The highest BCUT2D eigenvalue weighted by molar-refractivity contribution is 6.11. The molecule has 6 rings (SSSR count). The second kappa shape index (κ2) is 17.4. The van der Waals surface area contributed by atoms with Crippen molar-refractivity contribution in [1.29, 1.82) is 0 Å². The first kappa shape index (κ1) is 38.6. The largest absolute Gasteiger partial charge is 0.444 e. The number of morpholine rings is 1. The van der Waals surface area contributed by atoms with Crippen LogP contribution in [0.1, 0.15) is 43.7 Å². The number of piperidine rings is 1. The van der Waals surface area contributed by atoms with Crippen LogP contribution in [0.4, 0.5) is 32.3 Å². The number of alkyl carbamates (subject to hydrolysis) is 1. The molecule has 2 aliphatic heterocycles. The highest BCUT2D eigenvalue weighted by Crippen LogP contribution is 2.32. The molecular formula is C40H49N9O6. The summed E-state index contributed by atoms with van der Waals surface area (Å²) < 4.78 is 16.6. The molecule has 4 aromatic rings. The van der Waals surface area contributed by atoms with E-state index in [1.165, 1.54) is 6.20 Å². The number of fused-ring (bicyclic) bond motifs is 1. The maximum atomic E-state index is 14.3. The predicted octanol–water partition coefficient (Wildman–Crippen LogP) is 5.20. The molecule has 3 amide bonds. The maximum Gasteiger partial charge on any atom is 0.412 e. The van der Waals surface area contributed by atoms with Gasteiger partial charge < -0.3 is 45.7 Å². The predicted molar refractivity (Wildman–Crippen MR) is 212 cm³/mol. The van der Waals surface area contributed by atoms with Crippen molar-refractivity contribution >= 4 is 51.7 Å². The second-order valence-electron chi connectivity index (χ2n) is 14.6. The van der Waals surface area contributed by atoms with E-state index < -0.39 is 29.7 Å². The molecule has 2 saturated heterocycles. The number of nitrogens with zero attached hydrogens (tertiary/aromatic N) is 4. The fourth-order valence-corrected chi connectivity index (χ4v) is 6.77. The van der Waals surface area contributed by atoms with E-state index in [0.29, 0.717) is 43.2 Å². The number of hydrogen-bond donors (Lipinski definition) is 5. The standard InChI is InChI=1S/C40H49N9O6/c1-26-23-49(24-33(35(26)43-15-13-41)47-39(52)55-40(2,3)4)34-12-14-42-22-32(34)45-37(50)36-31(46-38(51)54-25-27-8-6-5-7-9-27)20-28-10-11-29(21-30(28)44-36)48-16-18-53-19-17-48/h5-15,20-22,26,33,35,43H,16-19,23-25,41H2,1-4H3,(H,45,50)(H,46,51)(H,47,52). The number of benzene rings is 2. The summed E-state index contributed by atoms with van der Waals surface area (Å²) in [5, 5.41) is 12.8. The summed E-state index contributed by atoms with van der Waals surface area (Å²) in [6, 6.07) is 18.1. The van der Waals surface area contributed by atoms with Gasteiger partial charge in [0.2, 0.25) is 0 Å². The van der Waals surface area contributed by atoms with Crippen molar-refractivity contribution in [2.45, 2.75) is 52.0 Å². The Kier molecular flexibility index (Phi) is 12.2. The minimum Gasteiger partial charge on any atom is -0.444 e. The monoisotopic (exact) mass is 751 g/mol. The van der Waals surface area contributed by atoms with Gasteiger partial charge in [-0.1, -0.05) is 43.3 Å². The van der Waals surface area contributed by atoms with Crippen LogP contribution in [0.15, 0.2) is 85.5 Å². The van der Waals surface area contributed by atoms with E-state index in [4.69, 9.17) is 24.9 Å². The van der Waals surface area contributed by atoms with Crippen molar-refractivity contribution < 1.29 is 28.6 Å². The van der Waals surface area contributed by atoms with Crippen LogP contribution in [-0.2, 0) is 20.8 Å². The quantitative estimate of drug-likeness (QED) is 0.143. The number of hydrogen-bond acceptors (Lipinski definition) is 12. The number of carbonyl (C=O) groups is 3. The van der Waals surface area contributed by atoms with Gasteiger partial charge in [0.05, 0.1) is 54.1 Å². The van der Waals surface area contributed by atoms with Gasteiger partial charge >= 0.3 is 12.2 Å². The van der Waals surface area contributed by atoms with Crippen molar-refractivity contribution in [2.24, 2.45) is 11.7 Å². The van der Waals surface area contributed by atoms with Gasteiger partial charge in [-0.3, -0.25) is 15.1 Å². The zero-order valence-corrected chi connectivity index (χ0v) is 31.6. The highest BCUT2D eigenvalue weighted by atomic mass is 16.6. The average molecular weight is 752 g/mol. The van der Waals surface area contributed by atoms with E-state index in [1.54, 1.807) is 24.7 Å². The molecular weight excluding hydrogens is 702 g/mol. The van der Waals surface area contributed by atoms with Crippen molar-refractivity contribution in [3.8, 4) is 0 Å². The molecule has 0 aliphatic carbocycles. The van der Waals surface area contributed by atoms with Gasteiger partial charge in [-0.05, 0) is 56.5 Å². The van der Waals surface area contributed by atoms with Crippen molar-refractivity contribution in [1.82, 2.24) is 20.6 Å². The molecule has 0 radical (unpaired) electrons. The third kappa shape index (κ3) is 10.1. The van der Waals surface area contributed by atoms with E-state index in [0.717, 1.165) is 29.7 Å². The molecule has 4 heterocycles. The van der Waals surface area contributed by atoms with Gasteiger partial charge in [-0.25, -0.2) is 14.6 Å². The smallest absolute Gasteiger partial charge is 0.412 e. The Morgan fingerprint density at radius 1 is 0.964 bits per heavy atom. The van der Waals surface area contributed by atoms with Crippen molar-refractivity contribution in [3.05, 3.63) is 96.7 Å². The van der Waals surface area contributed by atoms with E-state index >= 15 is 0 Å². The number of rotatable bonds is 10. The topological polar surface area (TPSA) is 185 Å². The lowest BCUT2D eigenvalue weighted by Crippen LogP contribution is -2.63. The van der Waals surface area contributed by atoms with Crippen LogP contribution in [0.2, 0.25) is 0 Å². The molecule has 0 spiro atoms. The summed E-state index contributed by atoms with van der Waals surface area (Å²) in [5.41, 5.74) is 8.60. The maximum absolute atomic E-state index is 14.3. The molecule has 6 N–H and O–H groups in total. The Morgan fingerprint density at radius 2 is 1.75 bits per heavy atom. The fourth-order valence-electron chi connectivity index (χ4n) is 6.77. The molecule has 2 fully saturated rings. The Bertz CT molecular complexity index is 2000. The lowest BCUT2D eigenvalue weighted by molar-refractivity contribution is 0.0482. The molecule has 2 aliphatic rings. The van der Waals surface area contributed by atoms with Gasteiger partial charge in [-0.15, -0.1) is 0 Å². The normalized spacial score (nSPS) is 18.8. The van der Waals surface area contributed by atoms with Crippen LogP contribution >= 0.6 is 0 Å². The molecule has 15 nitrogen and oxygen atoms in total. The van der Waals surface area contributed by atoms with Gasteiger partial charge in [0.15, 0.2) is 5.69 Å². The molecule has 15 heteroatoms. The minimum atomic E-state index is -0.732. The number of nitrogens with one attached hydrogen (secondary N) is 4. The van der Waals surface area contributed by atoms with Gasteiger partial charge in [0.1, 0.15) is 12.2 Å². The lowest BCUT2D eigenvalue weighted by Gasteiger charge is -2.44. The van der Waals surface area contributed by atoms with Crippen molar-refractivity contribution in [3.63, 3.8) is 0 Å². The summed E-state index contributed by atoms with van der Waals surface area (Å²) in [6.07, 6.45) is 5.00. The van der Waals surface area contributed by atoms with Crippen LogP contribution in [0, 0.1) is 5.92 Å². The number of amides is 3. The molecule has 2 aromatic carbocycles. The first-order valence-corrected chi connectivity index (χ1v) is 18.4. The van der Waals surface area contributed by atoms with E-state index in [2.05, 4.69) is 43.0 Å². The summed E-state index contributed by atoms with van der Waals surface area (Å²) >= 11 is 0. The van der Waals surface area contributed by atoms with Crippen LogP contribution in [0.25, 0.3) is 10.9 Å². The molecule has 0 saturated carbocycles. The number of aromatic nitrogens is 2. The summed E-state index contributed by atoms with van der Waals surface area (Å²) in [7, 11) is 0. The first-order chi connectivity index (χ1) is 26.5.